The molecule has 0 radical (unpaired) electrons. The highest BCUT2D eigenvalue weighted by Crippen LogP contribution is 2.34. The van der Waals surface area contributed by atoms with Crippen LogP contribution in [0, 0.1) is 5.41 Å². The number of phenolic OH excluding ortho intramolecular Hbond substituents is 6. The molecule has 6 rings (SSSR count). The second kappa shape index (κ2) is 30.5. The average Bonchev–Trinajstić information content (AvgIpc) is 3.35. The molecule has 0 aliphatic heterocycles. The summed E-state index contributed by atoms with van der Waals surface area (Å²) in [5.41, 5.74) is 8.66. The van der Waals surface area contributed by atoms with Crippen LogP contribution in [0.15, 0.2) is 133 Å². The highest BCUT2D eigenvalue weighted by atomic mass is 16.3. The number of hydrogen-bond acceptors (Lipinski definition) is 10. The fourth-order valence-corrected chi connectivity index (χ4v) is 8.68. The molecule has 0 aliphatic carbocycles. The van der Waals surface area contributed by atoms with Gasteiger partial charge in [-0.25, -0.2) is 0 Å². The molecule has 0 bridgehead atoms. The Hall–Kier alpha value is -6.04. The van der Waals surface area contributed by atoms with Gasteiger partial charge in [0.15, 0.2) is 23.0 Å². The van der Waals surface area contributed by atoms with Crippen molar-refractivity contribution in [2.45, 2.75) is 97.3 Å². The summed E-state index contributed by atoms with van der Waals surface area (Å²) in [6, 6.07) is 42.4. The van der Waals surface area contributed by atoms with Gasteiger partial charge in [-0.1, -0.05) is 117 Å². The van der Waals surface area contributed by atoms with Gasteiger partial charge in [-0.3, -0.25) is 0 Å². The molecule has 0 saturated heterocycles. The fraction of sp³-hybridized carbons (Fsp3) is 0.400. The van der Waals surface area contributed by atoms with Gasteiger partial charge in [0.1, 0.15) is 11.5 Å². The molecule has 70 heavy (non-hydrogen) atoms. The van der Waals surface area contributed by atoms with Gasteiger partial charge in [-0.2, -0.15) is 0 Å². The van der Waals surface area contributed by atoms with Crippen LogP contribution in [-0.2, 0) is 51.4 Å². The summed E-state index contributed by atoms with van der Waals surface area (Å²) < 4.78 is 0. The molecule has 0 aromatic heterocycles. The number of nitrogens with one attached hydrogen (secondary N) is 4. The van der Waals surface area contributed by atoms with Gasteiger partial charge in [0.05, 0.1) is 0 Å². The van der Waals surface area contributed by atoms with Crippen LogP contribution in [0.2, 0.25) is 0 Å². The molecule has 0 atom stereocenters. The zero-order chi connectivity index (χ0) is 49.8. The molecule has 6 aromatic carbocycles. The first-order chi connectivity index (χ1) is 34.0. The Morgan fingerprint density at radius 3 is 1.14 bits per heavy atom. The van der Waals surface area contributed by atoms with Crippen LogP contribution in [0.25, 0.3) is 0 Å². The maximum absolute atomic E-state index is 10.5. The van der Waals surface area contributed by atoms with Gasteiger partial charge in [0.2, 0.25) is 0 Å². The summed E-state index contributed by atoms with van der Waals surface area (Å²) in [7, 11) is 0. The Kier molecular flexibility index (Phi) is 24.0. The van der Waals surface area contributed by atoms with Crippen molar-refractivity contribution >= 4 is 0 Å². The zero-order valence-corrected chi connectivity index (χ0v) is 41.7. The lowest BCUT2D eigenvalue weighted by atomic mass is 9.85. The van der Waals surface area contributed by atoms with Gasteiger partial charge >= 0.3 is 0 Å². The average molecular weight is 953 g/mol. The third-order valence-electron chi connectivity index (χ3n) is 13.0. The van der Waals surface area contributed by atoms with E-state index in [0.717, 1.165) is 131 Å². The van der Waals surface area contributed by atoms with Gasteiger partial charge in [0, 0.05) is 11.1 Å². The number of rotatable bonds is 30. The predicted octanol–water partition coefficient (Wildman–Crippen LogP) is 10.1. The van der Waals surface area contributed by atoms with Crippen molar-refractivity contribution in [1.29, 1.82) is 0 Å². The second-order valence-corrected chi connectivity index (χ2v) is 19.2. The Morgan fingerprint density at radius 2 is 0.729 bits per heavy atom. The minimum Gasteiger partial charge on any atom is -0.508 e. The minimum atomic E-state index is -0.0863. The highest BCUT2D eigenvalue weighted by Gasteiger charge is 2.18. The van der Waals surface area contributed by atoms with Crippen LogP contribution in [-0.4, -0.2) is 83.0 Å². The van der Waals surface area contributed by atoms with E-state index in [9.17, 15) is 30.6 Å². The second-order valence-electron chi connectivity index (χ2n) is 19.2. The maximum Gasteiger partial charge on any atom is 0.160 e. The quantitative estimate of drug-likeness (QED) is 0.0155. The highest BCUT2D eigenvalue weighted by molar-refractivity contribution is 5.50. The standard InChI is InChI=1S/C31H42N2O3.C29H38N2O3/c1-31(2,17-21-32-19-15-24-7-4-3-5-8-24)18-22-33-20-16-26-12-14-29(35)30(36)28(26)13-11-25-9-6-10-27(34)23-25;32-26-11-7-10-24(22-26)12-14-27-25(13-15-28(33)29(27)34)17-21-31-19-6-2-5-18-30-20-16-23-8-3-1-4-9-23/h3-10,12,14,23,32-36H,11,13,15-22H2,1-2H3;1,3-4,7-11,13,15,22,30-34H,2,5-6,12,14,16-21H2. The predicted molar refractivity (Wildman–Crippen MR) is 287 cm³/mol. The largest absolute Gasteiger partial charge is 0.508 e. The van der Waals surface area contributed by atoms with E-state index in [1.165, 1.54) is 24.0 Å². The summed E-state index contributed by atoms with van der Waals surface area (Å²) in [5.74, 6) is 0.246. The van der Waals surface area contributed by atoms with E-state index in [0.29, 0.717) is 25.7 Å². The molecule has 10 heteroatoms. The number of unbranched alkanes of at least 4 members (excludes halogenated alkanes) is 2. The topological polar surface area (TPSA) is 169 Å². The molecule has 10 nitrogen and oxygen atoms in total. The monoisotopic (exact) mass is 953 g/mol. The van der Waals surface area contributed by atoms with Crippen molar-refractivity contribution in [3.63, 3.8) is 0 Å². The van der Waals surface area contributed by atoms with E-state index in [1.807, 2.05) is 36.4 Å². The van der Waals surface area contributed by atoms with Crippen LogP contribution in [0.5, 0.6) is 34.5 Å². The molecule has 6 aromatic rings. The van der Waals surface area contributed by atoms with Crippen molar-refractivity contribution in [2.24, 2.45) is 5.41 Å². The van der Waals surface area contributed by atoms with Crippen LogP contribution >= 0.6 is 0 Å². The van der Waals surface area contributed by atoms with Gasteiger partial charge in [-0.05, 0) is 205 Å². The molecular weight excluding hydrogens is 873 g/mol. The van der Waals surface area contributed by atoms with Crippen LogP contribution < -0.4 is 21.3 Å². The van der Waals surface area contributed by atoms with Crippen molar-refractivity contribution in [3.8, 4) is 34.5 Å². The maximum atomic E-state index is 10.5. The molecule has 0 saturated carbocycles. The number of benzene rings is 6. The van der Waals surface area contributed by atoms with Crippen LogP contribution in [0.3, 0.4) is 0 Å². The summed E-state index contributed by atoms with van der Waals surface area (Å²) in [4.78, 5) is 0. The molecule has 0 aliphatic rings. The van der Waals surface area contributed by atoms with Gasteiger partial charge in [0.25, 0.3) is 0 Å². The number of phenols is 6. The van der Waals surface area contributed by atoms with Crippen LogP contribution in [0.1, 0.15) is 90.5 Å². The molecule has 10 N–H and O–H groups in total. The molecule has 0 fully saturated rings. The molecule has 0 spiro atoms. The number of aryl methyl sites for hydroxylation is 2. The summed E-state index contributed by atoms with van der Waals surface area (Å²) in [6.07, 6.45) is 12.0. The lowest BCUT2D eigenvalue weighted by molar-refractivity contribution is 0.297. The van der Waals surface area contributed by atoms with E-state index in [2.05, 4.69) is 95.8 Å². The van der Waals surface area contributed by atoms with E-state index in [1.54, 1.807) is 36.4 Å². The molecule has 0 heterocycles. The van der Waals surface area contributed by atoms with Crippen molar-refractivity contribution in [3.05, 3.63) is 178 Å². The van der Waals surface area contributed by atoms with E-state index < -0.39 is 0 Å². The molecule has 0 amide bonds. The number of aromatic hydroxyl groups is 6. The lowest BCUT2D eigenvalue weighted by Gasteiger charge is -2.25. The molecule has 0 unspecified atom stereocenters. The number of hydrogen-bond donors (Lipinski definition) is 10. The Bertz CT molecular complexity index is 2390. The fourth-order valence-electron chi connectivity index (χ4n) is 8.68. The van der Waals surface area contributed by atoms with Crippen LogP contribution in [0.4, 0.5) is 0 Å². The lowest BCUT2D eigenvalue weighted by Crippen LogP contribution is -2.28. The van der Waals surface area contributed by atoms with Crippen molar-refractivity contribution in [1.82, 2.24) is 21.3 Å². The van der Waals surface area contributed by atoms with Gasteiger partial charge < -0.3 is 51.9 Å². The minimum absolute atomic E-state index is 0.0302. The SMILES string of the molecule is CC(C)(CCNCCc1ccccc1)CCNCCc1ccc(O)c(O)c1CCc1cccc(O)c1.Oc1cccc(CCc2c(CCNCCCCCNCCc3ccccc3)ccc(O)c2O)c1. The Labute approximate surface area is 417 Å². The molecular formula is C60H80N4O6. The summed E-state index contributed by atoms with van der Waals surface area (Å²) in [5, 5.41) is 74.4. The third kappa shape index (κ3) is 20.5. The summed E-state index contributed by atoms with van der Waals surface area (Å²) >= 11 is 0. The Balaban J connectivity index is 0.000000261. The molecule has 376 valence electrons. The first-order valence-corrected chi connectivity index (χ1v) is 25.5. The smallest absolute Gasteiger partial charge is 0.160 e. The van der Waals surface area contributed by atoms with E-state index in [-0.39, 0.29) is 39.9 Å². The normalized spacial score (nSPS) is 11.3. The van der Waals surface area contributed by atoms with E-state index >= 15 is 0 Å². The zero-order valence-electron chi connectivity index (χ0n) is 41.7. The van der Waals surface area contributed by atoms with E-state index in [4.69, 9.17) is 0 Å². The summed E-state index contributed by atoms with van der Waals surface area (Å²) in [6.45, 7) is 12.3. The van der Waals surface area contributed by atoms with Crippen molar-refractivity contribution in [2.75, 3.05) is 52.4 Å². The first kappa shape index (κ1) is 54.9. The van der Waals surface area contributed by atoms with Gasteiger partial charge in [-0.15, -0.1) is 0 Å². The van der Waals surface area contributed by atoms with Crippen molar-refractivity contribution < 1.29 is 30.6 Å². The first-order valence-electron chi connectivity index (χ1n) is 25.5. The Morgan fingerprint density at radius 1 is 0.343 bits per heavy atom. The third-order valence-corrected chi connectivity index (χ3v) is 13.0.